The SMILES string of the molecule is c1ccc(N(c2ccccc2)c2cccc3oc4c5ccccc5c(-c5ccc6c(c5)sc5ccccc56)cc4c23)cc1. The summed E-state index contributed by atoms with van der Waals surface area (Å²) in [6, 6.07) is 54.1. The van der Waals surface area contributed by atoms with E-state index in [0.717, 1.165) is 44.4 Å². The predicted octanol–water partition coefficient (Wildman–Crippen LogP) is 12.2. The van der Waals surface area contributed by atoms with E-state index in [1.807, 2.05) is 11.3 Å². The molecule has 2 aromatic heterocycles. The maximum atomic E-state index is 6.70. The lowest BCUT2D eigenvalue weighted by molar-refractivity contribution is 0.672. The monoisotopic (exact) mass is 567 g/mol. The van der Waals surface area contributed by atoms with Gasteiger partial charge in [0.2, 0.25) is 0 Å². The smallest absolute Gasteiger partial charge is 0.143 e. The van der Waals surface area contributed by atoms with E-state index in [-0.39, 0.29) is 0 Å². The minimum Gasteiger partial charge on any atom is -0.455 e. The van der Waals surface area contributed by atoms with Crippen LogP contribution in [0.25, 0.3) is 64.0 Å². The molecule has 0 aliphatic heterocycles. The van der Waals surface area contributed by atoms with Crippen molar-refractivity contribution in [2.24, 2.45) is 0 Å². The van der Waals surface area contributed by atoms with Gasteiger partial charge in [-0.05, 0) is 71.1 Å². The van der Waals surface area contributed by atoms with Crippen molar-refractivity contribution in [2.75, 3.05) is 4.90 Å². The van der Waals surface area contributed by atoms with Crippen molar-refractivity contribution >= 4 is 81.3 Å². The zero-order valence-corrected chi connectivity index (χ0v) is 24.0. The summed E-state index contributed by atoms with van der Waals surface area (Å²) >= 11 is 1.86. The largest absolute Gasteiger partial charge is 0.455 e. The van der Waals surface area contributed by atoms with Gasteiger partial charge in [0.05, 0.1) is 11.1 Å². The minimum atomic E-state index is 0.881. The normalized spacial score (nSPS) is 11.7. The molecule has 2 heterocycles. The van der Waals surface area contributed by atoms with Crippen LogP contribution in [0.1, 0.15) is 0 Å². The van der Waals surface area contributed by atoms with Crippen LogP contribution in [0.4, 0.5) is 17.1 Å². The van der Waals surface area contributed by atoms with Crippen LogP contribution in [0.15, 0.2) is 156 Å². The van der Waals surface area contributed by atoms with E-state index in [1.54, 1.807) is 0 Å². The molecule has 9 aromatic rings. The fourth-order valence-electron chi connectivity index (χ4n) is 6.53. The Hall–Kier alpha value is -5.38. The second-order valence-corrected chi connectivity index (χ2v) is 12.0. The topological polar surface area (TPSA) is 16.4 Å². The van der Waals surface area contributed by atoms with Gasteiger partial charge < -0.3 is 9.32 Å². The molecule has 43 heavy (non-hydrogen) atoms. The number of hydrogen-bond acceptors (Lipinski definition) is 3. The Morgan fingerprint density at radius 2 is 1.12 bits per heavy atom. The Bertz CT molecular complexity index is 2420. The second kappa shape index (κ2) is 9.59. The third-order valence-electron chi connectivity index (χ3n) is 8.44. The summed E-state index contributed by atoms with van der Waals surface area (Å²) in [7, 11) is 0. The second-order valence-electron chi connectivity index (χ2n) is 10.9. The third-order valence-corrected chi connectivity index (χ3v) is 9.57. The van der Waals surface area contributed by atoms with Crippen LogP contribution >= 0.6 is 11.3 Å². The van der Waals surface area contributed by atoms with Crippen LogP contribution in [0, 0.1) is 0 Å². The lowest BCUT2D eigenvalue weighted by Gasteiger charge is -2.26. The van der Waals surface area contributed by atoms with Gasteiger partial charge in [-0.2, -0.15) is 0 Å². The van der Waals surface area contributed by atoms with Crippen LogP contribution in [0.5, 0.6) is 0 Å². The maximum Gasteiger partial charge on any atom is 0.143 e. The van der Waals surface area contributed by atoms with Crippen molar-refractivity contribution in [3.63, 3.8) is 0 Å². The average molecular weight is 568 g/mol. The van der Waals surface area contributed by atoms with Gasteiger partial charge in [0, 0.05) is 42.3 Å². The van der Waals surface area contributed by atoms with E-state index in [4.69, 9.17) is 4.42 Å². The molecule has 0 saturated carbocycles. The van der Waals surface area contributed by atoms with Gasteiger partial charge in [0.15, 0.2) is 0 Å². The van der Waals surface area contributed by atoms with Crippen LogP contribution in [-0.2, 0) is 0 Å². The van der Waals surface area contributed by atoms with Crippen LogP contribution < -0.4 is 4.90 Å². The Morgan fingerprint density at radius 1 is 0.465 bits per heavy atom. The molecular formula is C40H25NOS. The fraction of sp³-hybridized carbons (Fsp3) is 0. The number of nitrogens with zero attached hydrogens (tertiary/aromatic N) is 1. The summed E-state index contributed by atoms with van der Waals surface area (Å²) in [5.41, 5.74) is 7.53. The Morgan fingerprint density at radius 3 is 1.88 bits per heavy atom. The summed E-state index contributed by atoms with van der Waals surface area (Å²) < 4.78 is 9.33. The number of rotatable bonds is 4. The number of fused-ring (bicyclic) bond motifs is 8. The molecule has 0 atom stereocenters. The predicted molar refractivity (Wildman–Crippen MR) is 184 cm³/mol. The summed E-state index contributed by atoms with van der Waals surface area (Å²) in [6.45, 7) is 0. The van der Waals surface area contributed by atoms with Gasteiger partial charge in [-0.3, -0.25) is 0 Å². The lowest BCUT2D eigenvalue weighted by atomic mass is 9.94. The molecule has 3 heteroatoms. The van der Waals surface area contributed by atoms with Crippen molar-refractivity contribution in [1.29, 1.82) is 0 Å². The van der Waals surface area contributed by atoms with Crippen molar-refractivity contribution in [1.82, 2.24) is 0 Å². The molecule has 9 rings (SSSR count). The number of hydrogen-bond donors (Lipinski definition) is 0. The van der Waals surface area contributed by atoms with Gasteiger partial charge in [0.1, 0.15) is 11.2 Å². The fourth-order valence-corrected chi connectivity index (χ4v) is 7.67. The molecule has 7 aromatic carbocycles. The molecule has 0 amide bonds. The average Bonchev–Trinajstić information content (AvgIpc) is 3.64. The van der Waals surface area contributed by atoms with E-state index in [2.05, 4.69) is 157 Å². The third kappa shape index (κ3) is 3.79. The van der Waals surface area contributed by atoms with Gasteiger partial charge in [0.25, 0.3) is 0 Å². The molecule has 2 nitrogen and oxygen atoms in total. The summed E-state index contributed by atoms with van der Waals surface area (Å²) in [4.78, 5) is 2.33. The highest BCUT2D eigenvalue weighted by atomic mass is 32.1. The highest BCUT2D eigenvalue weighted by molar-refractivity contribution is 7.25. The molecule has 202 valence electrons. The van der Waals surface area contributed by atoms with Crippen molar-refractivity contribution in [3.05, 3.63) is 152 Å². The standard InChI is InChI=1S/C40H25NOS/c1-3-12-27(13-4-1)41(28-14-5-2-6-15-28)35-19-11-20-36-39(35)34-25-33(29-16-7-8-18-32(29)40(34)42-36)26-22-23-31-30-17-9-10-21-37(30)43-38(31)24-26/h1-25H. The van der Waals surface area contributed by atoms with Crippen molar-refractivity contribution in [3.8, 4) is 11.1 Å². The summed E-state index contributed by atoms with van der Waals surface area (Å²) in [5.74, 6) is 0. The molecule has 0 aliphatic rings. The molecule has 0 radical (unpaired) electrons. The highest BCUT2D eigenvalue weighted by Crippen LogP contribution is 2.46. The first-order valence-electron chi connectivity index (χ1n) is 14.5. The van der Waals surface area contributed by atoms with E-state index in [9.17, 15) is 0 Å². The van der Waals surface area contributed by atoms with Crippen molar-refractivity contribution in [2.45, 2.75) is 0 Å². The number of anilines is 3. The Balaban J connectivity index is 1.35. The molecule has 0 aliphatic carbocycles. The Kier molecular flexibility index (Phi) is 5.40. The molecular weight excluding hydrogens is 543 g/mol. The summed E-state index contributed by atoms with van der Waals surface area (Å²) in [5, 5.41) is 7.18. The van der Waals surface area contributed by atoms with Crippen molar-refractivity contribution < 1.29 is 4.42 Å². The zero-order chi connectivity index (χ0) is 28.3. The van der Waals surface area contributed by atoms with Gasteiger partial charge in [-0.1, -0.05) is 97.1 Å². The molecule has 0 bridgehead atoms. The van der Waals surface area contributed by atoms with Crippen LogP contribution in [-0.4, -0.2) is 0 Å². The number of thiophene rings is 1. The first kappa shape index (κ1) is 24.2. The summed E-state index contributed by atoms with van der Waals surface area (Å²) in [6.07, 6.45) is 0. The first-order valence-corrected chi connectivity index (χ1v) is 15.3. The van der Waals surface area contributed by atoms with Gasteiger partial charge >= 0.3 is 0 Å². The van der Waals surface area contributed by atoms with E-state index in [0.29, 0.717) is 0 Å². The molecule has 0 unspecified atom stereocenters. The van der Waals surface area contributed by atoms with E-state index >= 15 is 0 Å². The first-order chi connectivity index (χ1) is 21.3. The Labute approximate surface area is 252 Å². The lowest BCUT2D eigenvalue weighted by Crippen LogP contribution is -2.09. The highest BCUT2D eigenvalue weighted by Gasteiger charge is 2.21. The number of furan rings is 1. The maximum absolute atomic E-state index is 6.70. The van der Waals surface area contributed by atoms with Gasteiger partial charge in [-0.15, -0.1) is 11.3 Å². The minimum absolute atomic E-state index is 0.881. The van der Waals surface area contributed by atoms with Crippen LogP contribution in [0.3, 0.4) is 0 Å². The zero-order valence-electron chi connectivity index (χ0n) is 23.2. The quantitative estimate of drug-likeness (QED) is 0.210. The number of benzene rings is 7. The molecule has 0 fully saturated rings. The number of para-hydroxylation sites is 2. The van der Waals surface area contributed by atoms with E-state index in [1.165, 1.54) is 36.7 Å². The van der Waals surface area contributed by atoms with Gasteiger partial charge in [-0.25, -0.2) is 0 Å². The molecule has 0 saturated heterocycles. The molecule has 0 spiro atoms. The molecule has 0 N–H and O–H groups in total. The van der Waals surface area contributed by atoms with E-state index < -0.39 is 0 Å². The van der Waals surface area contributed by atoms with Crippen LogP contribution in [0.2, 0.25) is 0 Å².